The molecule has 2 bridgehead atoms. The van der Waals surface area contributed by atoms with E-state index in [0.717, 1.165) is 24.6 Å². The Bertz CT molecular complexity index is 1070. The van der Waals surface area contributed by atoms with Crippen molar-refractivity contribution in [2.75, 3.05) is 13.1 Å². The van der Waals surface area contributed by atoms with E-state index < -0.39 is 10.0 Å². The first-order chi connectivity index (χ1) is 14.9. The number of nitrogens with zero attached hydrogens (tertiary/aromatic N) is 3. The highest BCUT2D eigenvalue weighted by Crippen LogP contribution is 2.36. The number of benzene rings is 1. The Hall–Kier alpha value is -2.23. The van der Waals surface area contributed by atoms with Crippen LogP contribution in [0.4, 0.5) is 4.79 Å². The Kier molecular flexibility index (Phi) is 5.35. The SMILES string of the molecule is O=C(N[C@H]1CCCN(S(=O)(=O)c2cccc3cccnc23)C1)N1C2CCC1CC(O)C2. The maximum Gasteiger partial charge on any atom is 0.318 e. The number of aromatic nitrogens is 1. The number of pyridine rings is 1. The molecule has 3 atom stereocenters. The van der Waals surface area contributed by atoms with Crippen LogP contribution in [0.1, 0.15) is 38.5 Å². The van der Waals surface area contributed by atoms with Crippen molar-refractivity contribution >= 4 is 27.0 Å². The number of carbonyl (C=O) groups excluding carboxylic acids is 1. The number of sulfonamides is 1. The van der Waals surface area contributed by atoms with E-state index in [-0.39, 0.29) is 41.7 Å². The first-order valence-corrected chi connectivity index (χ1v) is 12.5. The molecule has 0 radical (unpaired) electrons. The van der Waals surface area contributed by atoms with Gasteiger partial charge in [0.2, 0.25) is 10.0 Å². The Balaban J connectivity index is 1.32. The molecule has 0 spiro atoms. The van der Waals surface area contributed by atoms with Gasteiger partial charge in [-0.05, 0) is 50.7 Å². The number of aliphatic hydroxyl groups excluding tert-OH is 1. The minimum Gasteiger partial charge on any atom is -0.393 e. The average molecular weight is 445 g/mol. The van der Waals surface area contributed by atoms with Crippen molar-refractivity contribution < 1.29 is 18.3 Å². The third-order valence-corrected chi connectivity index (χ3v) is 8.76. The van der Waals surface area contributed by atoms with Crippen LogP contribution in [0.2, 0.25) is 0 Å². The minimum atomic E-state index is -3.73. The summed E-state index contributed by atoms with van der Waals surface area (Å²) < 4.78 is 28.3. The maximum atomic E-state index is 13.4. The smallest absolute Gasteiger partial charge is 0.318 e. The van der Waals surface area contributed by atoms with Crippen LogP contribution in [0.5, 0.6) is 0 Å². The molecule has 2 amide bonds. The molecule has 8 nitrogen and oxygen atoms in total. The van der Waals surface area contributed by atoms with Crippen LogP contribution in [-0.2, 0) is 10.0 Å². The summed E-state index contributed by atoms with van der Waals surface area (Å²) in [6.07, 6.45) is 5.82. The zero-order valence-electron chi connectivity index (χ0n) is 17.4. The van der Waals surface area contributed by atoms with Crippen LogP contribution in [0, 0.1) is 0 Å². The van der Waals surface area contributed by atoms with Crippen molar-refractivity contribution in [2.45, 2.75) is 67.6 Å². The molecule has 2 aromatic rings. The number of hydrogen-bond donors (Lipinski definition) is 2. The van der Waals surface area contributed by atoms with E-state index >= 15 is 0 Å². The summed E-state index contributed by atoms with van der Waals surface area (Å²) in [5, 5.41) is 13.8. The van der Waals surface area contributed by atoms with Crippen molar-refractivity contribution in [3.63, 3.8) is 0 Å². The van der Waals surface area contributed by atoms with Gasteiger partial charge in [-0.15, -0.1) is 0 Å². The molecule has 9 heteroatoms. The van der Waals surface area contributed by atoms with Gasteiger partial charge < -0.3 is 15.3 Å². The zero-order valence-corrected chi connectivity index (χ0v) is 18.2. The van der Waals surface area contributed by atoms with E-state index in [9.17, 15) is 18.3 Å². The van der Waals surface area contributed by atoms with Crippen LogP contribution >= 0.6 is 0 Å². The quantitative estimate of drug-likeness (QED) is 0.755. The lowest BCUT2D eigenvalue weighted by Gasteiger charge is -2.39. The normalized spacial score (nSPS) is 29.3. The molecule has 3 saturated heterocycles. The van der Waals surface area contributed by atoms with Crippen molar-refractivity contribution in [3.8, 4) is 0 Å². The van der Waals surface area contributed by atoms with Gasteiger partial charge in [0.1, 0.15) is 4.90 Å². The topological polar surface area (TPSA) is 103 Å². The largest absolute Gasteiger partial charge is 0.393 e. The molecule has 3 aliphatic rings. The van der Waals surface area contributed by atoms with Crippen molar-refractivity contribution in [2.24, 2.45) is 0 Å². The molecule has 1 aromatic carbocycles. The standard InChI is InChI=1S/C22H28N4O4S/c27-19-12-17-8-9-18(13-19)26(17)22(28)24-16-6-3-11-25(14-16)31(29,30)20-7-1-4-15-5-2-10-23-21(15)20/h1-2,4-5,7,10,16-19,27H,3,6,8-9,11-14H2,(H,24,28)/t16-,17?,18?,19?/m0/s1. The number of hydrogen-bond acceptors (Lipinski definition) is 5. The number of nitrogens with one attached hydrogen (secondary N) is 1. The summed E-state index contributed by atoms with van der Waals surface area (Å²) in [7, 11) is -3.73. The number of fused-ring (bicyclic) bond motifs is 3. The molecule has 3 aliphatic heterocycles. The van der Waals surface area contributed by atoms with Gasteiger partial charge in [0.05, 0.1) is 11.6 Å². The number of rotatable bonds is 3. The first kappa shape index (κ1) is 20.7. The summed E-state index contributed by atoms with van der Waals surface area (Å²) in [5.41, 5.74) is 0.472. The second-order valence-electron chi connectivity index (χ2n) is 8.90. The molecule has 1 aromatic heterocycles. The van der Waals surface area contributed by atoms with Crippen molar-refractivity contribution in [1.82, 2.24) is 19.5 Å². The Morgan fingerprint density at radius 3 is 2.61 bits per heavy atom. The molecule has 2 N–H and O–H groups in total. The lowest BCUT2D eigenvalue weighted by molar-refractivity contribution is 0.0528. The summed E-state index contributed by atoms with van der Waals surface area (Å²) in [6, 6.07) is 8.63. The van der Waals surface area contributed by atoms with Crippen LogP contribution in [0.3, 0.4) is 0 Å². The highest BCUT2D eigenvalue weighted by atomic mass is 32.2. The molecule has 5 rings (SSSR count). The Labute approximate surface area is 182 Å². The Morgan fingerprint density at radius 1 is 1.10 bits per heavy atom. The molecular weight excluding hydrogens is 416 g/mol. The van der Waals surface area contributed by atoms with Gasteiger partial charge in [0.25, 0.3) is 0 Å². The molecule has 0 saturated carbocycles. The van der Waals surface area contributed by atoms with E-state index in [1.54, 1.807) is 24.4 Å². The number of carbonyl (C=O) groups is 1. The minimum absolute atomic E-state index is 0.0823. The van der Waals surface area contributed by atoms with E-state index in [2.05, 4.69) is 10.3 Å². The van der Waals surface area contributed by atoms with Crippen molar-refractivity contribution in [1.29, 1.82) is 0 Å². The molecule has 2 unspecified atom stereocenters. The zero-order chi connectivity index (χ0) is 21.6. The molecule has 166 valence electrons. The van der Waals surface area contributed by atoms with Gasteiger partial charge >= 0.3 is 6.03 Å². The fourth-order valence-corrected chi connectivity index (χ4v) is 7.12. The first-order valence-electron chi connectivity index (χ1n) is 11.0. The second-order valence-corrected chi connectivity index (χ2v) is 10.8. The number of para-hydroxylation sites is 1. The summed E-state index contributed by atoms with van der Waals surface area (Å²) in [4.78, 5) is 19.4. The lowest BCUT2D eigenvalue weighted by Crippen LogP contribution is -2.57. The highest BCUT2D eigenvalue weighted by Gasteiger charge is 2.43. The number of amides is 2. The summed E-state index contributed by atoms with van der Waals surface area (Å²) in [5.74, 6) is 0. The number of urea groups is 1. The van der Waals surface area contributed by atoms with Crippen LogP contribution in [0.25, 0.3) is 10.9 Å². The monoisotopic (exact) mass is 444 g/mol. The highest BCUT2D eigenvalue weighted by molar-refractivity contribution is 7.89. The number of aliphatic hydroxyl groups is 1. The van der Waals surface area contributed by atoms with Gasteiger partial charge in [0, 0.05) is 42.8 Å². The van der Waals surface area contributed by atoms with E-state index in [1.807, 2.05) is 17.0 Å². The average Bonchev–Trinajstić information content (AvgIpc) is 3.05. The number of piperidine rings is 2. The van der Waals surface area contributed by atoms with Gasteiger partial charge in [-0.2, -0.15) is 4.31 Å². The van der Waals surface area contributed by atoms with Crippen LogP contribution in [-0.4, -0.2) is 71.1 Å². The lowest BCUT2D eigenvalue weighted by atomic mass is 10.0. The summed E-state index contributed by atoms with van der Waals surface area (Å²) >= 11 is 0. The van der Waals surface area contributed by atoms with Gasteiger partial charge in [-0.3, -0.25) is 4.98 Å². The third kappa shape index (κ3) is 3.79. The summed E-state index contributed by atoms with van der Waals surface area (Å²) in [6.45, 7) is 0.683. The fourth-order valence-electron chi connectivity index (χ4n) is 5.43. The van der Waals surface area contributed by atoms with Gasteiger partial charge in [-0.1, -0.05) is 18.2 Å². The van der Waals surface area contributed by atoms with Crippen molar-refractivity contribution in [3.05, 3.63) is 36.5 Å². The van der Waals surface area contributed by atoms with Crippen LogP contribution in [0.15, 0.2) is 41.4 Å². The van der Waals surface area contributed by atoms with Gasteiger partial charge in [-0.25, -0.2) is 13.2 Å². The predicted molar refractivity (Wildman–Crippen MR) is 116 cm³/mol. The second kappa shape index (κ2) is 8.03. The van der Waals surface area contributed by atoms with E-state index in [1.165, 1.54) is 4.31 Å². The molecule has 0 aliphatic carbocycles. The third-order valence-electron chi connectivity index (χ3n) is 6.87. The van der Waals surface area contributed by atoms with Crippen LogP contribution < -0.4 is 5.32 Å². The molecule has 31 heavy (non-hydrogen) atoms. The predicted octanol–water partition coefficient (Wildman–Crippen LogP) is 2.09. The molecular formula is C22H28N4O4S. The Morgan fingerprint density at radius 2 is 1.84 bits per heavy atom. The fraction of sp³-hybridized carbons (Fsp3) is 0.545. The maximum absolute atomic E-state index is 13.4. The molecule has 4 heterocycles. The van der Waals surface area contributed by atoms with Gasteiger partial charge in [0.15, 0.2) is 0 Å². The van der Waals surface area contributed by atoms with E-state index in [0.29, 0.717) is 31.3 Å². The molecule has 3 fully saturated rings. The van der Waals surface area contributed by atoms with E-state index in [4.69, 9.17) is 0 Å².